The smallest absolute Gasteiger partial charge is 0.162 e. The van der Waals surface area contributed by atoms with Crippen molar-refractivity contribution in [2.24, 2.45) is 0 Å². The van der Waals surface area contributed by atoms with Gasteiger partial charge in [-0.05, 0) is 32.2 Å². The van der Waals surface area contributed by atoms with Crippen molar-refractivity contribution in [3.8, 4) is 5.75 Å². The van der Waals surface area contributed by atoms with Crippen LogP contribution in [0.5, 0.6) is 5.75 Å². The van der Waals surface area contributed by atoms with Gasteiger partial charge in [-0.2, -0.15) is 0 Å². The van der Waals surface area contributed by atoms with Gasteiger partial charge in [-0.15, -0.1) is 0 Å². The number of rotatable bonds is 5. The van der Waals surface area contributed by atoms with Crippen molar-refractivity contribution in [3.63, 3.8) is 0 Å². The van der Waals surface area contributed by atoms with Gasteiger partial charge in [-0.3, -0.25) is 0 Å². The van der Waals surface area contributed by atoms with Crippen molar-refractivity contribution in [2.75, 3.05) is 7.05 Å². The van der Waals surface area contributed by atoms with E-state index < -0.39 is 11.6 Å². The molecule has 0 bridgehead atoms. The largest absolute Gasteiger partial charge is 0.489 e. The third-order valence-electron chi connectivity index (χ3n) is 2.71. The molecule has 1 aromatic carbocycles. The van der Waals surface area contributed by atoms with Crippen LogP contribution in [0.15, 0.2) is 28.7 Å². The summed E-state index contributed by atoms with van der Waals surface area (Å²) in [6, 6.07) is 5.34. The Morgan fingerprint density at radius 2 is 2.00 bits per heavy atom. The molecule has 1 N–H and O–H groups in total. The van der Waals surface area contributed by atoms with E-state index in [1.807, 2.05) is 20.0 Å². The average Bonchev–Trinajstić information content (AvgIpc) is 2.72. The van der Waals surface area contributed by atoms with Gasteiger partial charge in [0, 0.05) is 11.6 Å². The van der Waals surface area contributed by atoms with E-state index in [0.717, 1.165) is 29.2 Å². The van der Waals surface area contributed by atoms with E-state index >= 15 is 0 Å². The highest BCUT2D eigenvalue weighted by Gasteiger charge is 2.09. The van der Waals surface area contributed by atoms with Gasteiger partial charge in [0.2, 0.25) is 0 Å². The van der Waals surface area contributed by atoms with Gasteiger partial charge in [-0.25, -0.2) is 8.78 Å². The predicted molar refractivity (Wildman–Crippen MR) is 66.9 cm³/mol. The highest BCUT2D eigenvalue weighted by molar-refractivity contribution is 5.25. The van der Waals surface area contributed by atoms with Gasteiger partial charge in [0.25, 0.3) is 0 Å². The number of hydrogen-bond donors (Lipinski definition) is 1. The minimum Gasteiger partial charge on any atom is -0.489 e. The first-order valence-corrected chi connectivity index (χ1v) is 5.91. The van der Waals surface area contributed by atoms with Gasteiger partial charge in [-0.1, -0.05) is 0 Å². The Kier molecular flexibility index (Phi) is 4.16. The van der Waals surface area contributed by atoms with E-state index in [9.17, 15) is 8.78 Å². The third-order valence-corrected chi connectivity index (χ3v) is 2.71. The van der Waals surface area contributed by atoms with Crippen molar-refractivity contribution in [3.05, 3.63) is 53.0 Å². The molecule has 2 rings (SSSR count). The molecular formula is C14H15F2NO2. The molecule has 0 aliphatic rings. The van der Waals surface area contributed by atoms with Crippen molar-refractivity contribution in [1.82, 2.24) is 5.32 Å². The minimum absolute atomic E-state index is 0.254. The lowest BCUT2D eigenvalue weighted by molar-refractivity contribution is 0.300. The first-order chi connectivity index (χ1) is 9.10. The molecule has 0 saturated heterocycles. The standard InChI is InChI=1S/C14H15F2NO2/c1-9-10(5-12(19-9)7-17-2)8-18-11-3-4-13(15)14(16)6-11/h3-6,17H,7-8H2,1-2H3. The minimum atomic E-state index is -0.919. The third kappa shape index (κ3) is 3.32. The summed E-state index contributed by atoms with van der Waals surface area (Å²) < 4.78 is 36.7. The molecule has 2 aromatic rings. The molecule has 0 atom stereocenters. The van der Waals surface area contributed by atoms with Gasteiger partial charge in [0.15, 0.2) is 11.6 Å². The number of nitrogens with one attached hydrogen (secondary N) is 1. The molecule has 0 spiro atoms. The molecular weight excluding hydrogens is 252 g/mol. The Bertz CT molecular complexity index is 567. The van der Waals surface area contributed by atoms with Crippen molar-refractivity contribution < 1.29 is 17.9 Å². The van der Waals surface area contributed by atoms with E-state index in [1.165, 1.54) is 6.07 Å². The first-order valence-electron chi connectivity index (χ1n) is 5.91. The molecule has 5 heteroatoms. The molecule has 0 aliphatic carbocycles. The van der Waals surface area contributed by atoms with Crippen molar-refractivity contribution in [2.45, 2.75) is 20.1 Å². The number of benzene rings is 1. The average molecular weight is 267 g/mol. The Morgan fingerprint density at radius 1 is 1.21 bits per heavy atom. The molecule has 19 heavy (non-hydrogen) atoms. The molecule has 0 aliphatic heterocycles. The molecule has 102 valence electrons. The number of ether oxygens (including phenoxy) is 1. The lowest BCUT2D eigenvalue weighted by Gasteiger charge is -2.05. The monoisotopic (exact) mass is 267 g/mol. The lowest BCUT2D eigenvalue weighted by atomic mass is 10.2. The molecule has 0 radical (unpaired) electrons. The highest BCUT2D eigenvalue weighted by Crippen LogP contribution is 2.20. The van der Waals surface area contributed by atoms with Crippen molar-refractivity contribution >= 4 is 0 Å². The maximum Gasteiger partial charge on any atom is 0.162 e. The van der Waals surface area contributed by atoms with E-state index in [0.29, 0.717) is 6.54 Å². The van der Waals surface area contributed by atoms with E-state index in [4.69, 9.17) is 9.15 Å². The predicted octanol–water partition coefficient (Wildman–Crippen LogP) is 3.16. The SMILES string of the molecule is CNCc1cc(COc2ccc(F)c(F)c2)c(C)o1. The van der Waals surface area contributed by atoms with E-state index in [1.54, 1.807) is 0 Å². The van der Waals surface area contributed by atoms with Crippen LogP contribution >= 0.6 is 0 Å². The van der Waals surface area contributed by atoms with E-state index in [-0.39, 0.29) is 12.4 Å². The van der Waals surface area contributed by atoms with Crippen molar-refractivity contribution in [1.29, 1.82) is 0 Å². The number of furan rings is 1. The summed E-state index contributed by atoms with van der Waals surface area (Å²) in [4.78, 5) is 0. The Hall–Kier alpha value is -1.88. The van der Waals surface area contributed by atoms with Crippen LogP contribution in [0.1, 0.15) is 17.1 Å². The molecule has 3 nitrogen and oxygen atoms in total. The van der Waals surface area contributed by atoms with Gasteiger partial charge in [0.1, 0.15) is 23.9 Å². The normalized spacial score (nSPS) is 10.7. The van der Waals surface area contributed by atoms with Gasteiger partial charge in [0.05, 0.1) is 6.54 Å². The van der Waals surface area contributed by atoms with Crippen LogP contribution < -0.4 is 10.1 Å². The van der Waals surface area contributed by atoms with Crippen LogP contribution in [0.2, 0.25) is 0 Å². The maximum atomic E-state index is 13.0. The summed E-state index contributed by atoms with van der Waals surface area (Å²) in [5, 5.41) is 2.99. The Labute approximate surface area is 110 Å². The summed E-state index contributed by atoms with van der Waals surface area (Å²) in [6.45, 7) is 2.72. The Balaban J connectivity index is 2.03. The molecule has 0 amide bonds. The molecule has 0 unspecified atom stereocenters. The summed E-state index contributed by atoms with van der Waals surface area (Å²) in [5.41, 5.74) is 0.884. The van der Waals surface area contributed by atoms with Gasteiger partial charge >= 0.3 is 0 Å². The summed E-state index contributed by atoms with van der Waals surface area (Å²) >= 11 is 0. The van der Waals surface area contributed by atoms with Gasteiger partial charge < -0.3 is 14.5 Å². The molecule has 0 saturated carbocycles. The summed E-state index contributed by atoms with van der Waals surface area (Å²) in [6.07, 6.45) is 0. The first kappa shape index (κ1) is 13.5. The van der Waals surface area contributed by atoms with Crippen LogP contribution in [-0.2, 0) is 13.2 Å². The van der Waals surface area contributed by atoms with Crippen LogP contribution in [0.25, 0.3) is 0 Å². The second-order valence-electron chi connectivity index (χ2n) is 4.19. The fraction of sp³-hybridized carbons (Fsp3) is 0.286. The lowest BCUT2D eigenvalue weighted by Crippen LogP contribution is -2.03. The summed E-state index contributed by atoms with van der Waals surface area (Å²) in [7, 11) is 1.83. The van der Waals surface area contributed by atoms with Crippen LogP contribution in [0.3, 0.4) is 0 Å². The highest BCUT2D eigenvalue weighted by atomic mass is 19.2. The zero-order valence-corrected chi connectivity index (χ0v) is 10.8. The van der Waals surface area contributed by atoms with Crippen LogP contribution in [-0.4, -0.2) is 7.05 Å². The fourth-order valence-electron chi connectivity index (χ4n) is 1.72. The summed E-state index contributed by atoms with van der Waals surface area (Å²) in [5.74, 6) is 0.0480. The zero-order chi connectivity index (χ0) is 13.8. The number of aryl methyl sites for hydroxylation is 1. The fourth-order valence-corrected chi connectivity index (χ4v) is 1.72. The second kappa shape index (κ2) is 5.84. The number of halogens is 2. The molecule has 1 aromatic heterocycles. The molecule has 0 fully saturated rings. The zero-order valence-electron chi connectivity index (χ0n) is 10.8. The molecule has 1 heterocycles. The van der Waals surface area contributed by atoms with E-state index in [2.05, 4.69) is 5.32 Å². The van der Waals surface area contributed by atoms with Crippen LogP contribution in [0.4, 0.5) is 8.78 Å². The second-order valence-corrected chi connectivity index (χ2v) is 4.19. The quantitative estimate of drug-likeness (QED) is 0.903. The number of hydrogen-bond acceptors (Lipinski definition) is 3. The topological polar surface area (TPSA) is 34.4 Å². The Morgan fingerprint density at radius 3 is 2.68 bits per heavy atom. The van der Waals surface area contributed by atoms with Crippen LogP contribution in [0, 0.1) is 18.6 Å². The maximum absolute atomic E-state index is 13.0.